The molecule has 0 bridgehead atoms. The maximum absolute atomic E-state index is 5.37. The predicted octanol–water partition coefficient (Wildman–Crippen LogP) is 2.69. The quantitative estimate of drug-likeness (QED) is 0.482. The molecule has 0 aromatic carbocycles. The molecule has 0 radical (unpaired) electrons. The molecule has 0 N–H and O–H groups in total. The lowest BCUT2D eigenvalue weighted by Gasteiger charge is -1.97. The van der Waals surface area contributed by atoms with E-state index in [0.29, 0.717) is 12.5 Å². The van der Waals surface area contributed by atoms with E-state index in [4.69, 9.17) is 27.9 Å². The van der Waals surface area contributed by atoms with Gasteiger partial charge in [0.1, 0.15) is 0 Å². The van der Waals surface area contributed by atoms with Crippen LogP contribution in [-0.4, -0.2) is 24.8 Å². The topological polar surface area (TPSA) is 9.23 Å². The smallest absolute Gasteiger partial charge is 0.0602 e. The van der Waals surface area contributed by atoms with E-state index >= 15 is 0 Å². The van der Waals surface area contributed by atoms with Crippen molar-refractivity contribution in [3.05, 3.63) is 10.9 Å². The van der Waals surface area contributed by atoms with Crippen LogP contribution in [0, 0.1) is 0 Å². The fourth-order valence-electron chi connectivity index (χ4n) is 0.368. The fourth-order valence-corrected chi connectivity index (χ4v) is 1.12. The summed E-state index contributed by atoms with van der Waals surface area (Å²) in [5.74, 6) is 1.50. The van der Waals surface area contributed by atoms with Gasteiger partial charge in [-0.2, -0.15) is 0 Å². The molecule has 0 saturated carbocycles. The molecule has 0 aromatic rings. The Morgan fingerprint density at radius 3 is 2.80 bits per heavy atom. The van der Waals surface area contributed by atoms with Gasteiger partial charge in [-0.05, 0) is 5.41 Å². The van der Waals surface area contributed by atoms with Crippen molar-refractivity contribution in [1.29, 1.82) is 0 Å². The minimum Gasteiger partial charge on any atom is -0.379 e. The molecule has 0 fully saturated rings. The van der Waals surface area contributed by atoms with E-state index in [2.05, 4.69) is 0 Å². The summed E-state index contributed by atoms with van der Waals surface area (Å²) < 4.78 is 5.10. The van der Waals surface area contributed by atoms with Crippen molar-refractivity contribution in [2.75, 3.05) is 24.8 Å². The molecule has 4 heteroatoms. The van der Waals surface area contributed by atoms with E-state index < -0.39 is 0 Å². The van der Waals surface area contributed by atoms with Crippen molar-refractivity contribution in [3.8, 4) is 0 Å². The standard InChI is InChI=1S/C6H10Cl2OS/c7-1-3-9-4-6-10-5-2-8/h2,5H,1,3-4,6H2. The van der Waals surface area contributed by atoms with E-state index in [9.17, 15) is 0 Å². The normalized spacial score (nSPS) is 11.0. The molecule has 0 amide bonds. The van der Waals surface area contributed by atoms with Gasteiger partial charge in [0.25, 0.3) is 0 Å². The Balaban J connectivity index is 2.77. The first-order chi connectivity index (χ1) is 4.91. The monoisotopic (exact) mass is 200 g/mol. The third kappa shape index (κ3) is 8.63. The minimum absolute atomic E-state index is 0.565. The average molecular weight is 201 g/mol. The van der Waals surface area contributed by atoms with E-state index in [1.165, 1.54) is 5.54 Å². The second-order valence-electron chi connectivity index (χ2n) is 1.43. The van der Waals surface area contributed by atoms with E-state index in [-0.39, 0.29) is 0 Å². The Hall–Kier alpha value is 0.630. The summed E-state index contributed by atoms with van der Waals surface area (Å²) in [6.07, 6.45) is 0. The highest BCUT2D eigenvalue weighted by molar-refractivity contribution is 8.02. The van der Waals surface area contributed by atoms with Crippen LogP contribution in [0.3, 0.4) is 0 Å². The molecule has 0 unspecified atom stereocenters. The number of thioether (sulfide) groups is 1. The summed E-state index contributed by atoms with van der Waals surface area (Å²) in [4.78, 5) is 0. The Morgan fingerprint density at radius 2 is 2.20 bits per heavy atom. The van der Waals surface area contributed by atoms with Gasteiger partial charge in [-0.3, -0.25) is 0 Å². The van der Waals surface area contributed by atoms with Gasteiger partial charge in [0, 0.05) is 17.2 Å². The summed E-state index contributed by atoms with van der Waals surface area (Å²) in [5.41, 5.74) is 1.49. The predicted molar refractivity (Wildman–Crippen MR) is 49.0 cm³/mol. The van der Waals surface area contributed by atoms with Gasteiger partial charge in [0.05, 0.1) is 13.2 Å². The molecule has 0 saturated heterocycles. The van der Waals surface area contributed by atoms with E-state index in [1.807, 2.05) is 5.41 Å². The van der Waals surface area contributed by atoms with Crippen LogP contribution in [0.4, 0.5) is 0 Å². The first-order valence-electron chi connectivity index (χ1n) is 2.92. The molecule has 10 heavy (non-hydrogen) atoms. The number of halogens is 2. The van der Waals surface area contributed by atoms with Gasteiger partial charge >= 0.3 is 0 Å². The zero-order valence-corrected chi connectivity index (χ0v) is 7.88. The number of alkyl halides is 1. The first-order valence-corrected chi connectivity index (χ1v) is 4.94. The molecule has 0 rings (SSSR count). The van der Waals surface area contributed by atoms with Crippen molar-refractivity contribution in [2.24, 2.45) is 0 Å². The van der Waals surface area contributed by atoms with Crippen molar-refractivity contribution < 1.29 is 4.74 Å². The Morgan fingerprint density at radius 1 is 1.40 bits per heavy atom. The third-order valence-corrected chi connectivity index (χ3v) is 1.88. The summed E-state index contributed by atoms with van der Waals surface area (Å²) >= 11 is 12.3. The van der Waals surface area contributed by atoms with Gasteiger partial charge in [0.2, 0.25) is 0 Å². The van der Waals surface area contributed by atoms with E-state index in [1.54, 1.807) is 11.8 Å². The van der Waals surface area contributed by atoms with E-state index in [0.717, 1.165) is 12.4 Å². The van der Waals surface area contributed by atoms with Gasteiger partial charge in [0.15, 0.2) is 0 Å². The molecule has 0 aliphatic rings. The molecule has 0 aliphatic heterocycles. The highest BCUT2D eigenvalue weighted by Gasteiger charge is 1.84. The van der Waals surface area contributed by atoms with Crippen molar-refractivity contribution >= 4 is 35.0 Å². The highest BCUT2D eigenvalue weighted by atomic mass is 35.5. The Labute approximate surface area is 75.7 Å². The number of hydrogen-bond acceptors (Lipinski definition) is 2. The molecule has 0 aliphatic carbocycles. The second-order valence-corrected chi connectivity index (χ2v) is 3.08. The average Bonchev–Trinajstić information content (AvgIpc) is 1.97. The van der Waals surface area contributed by atoms with Gasteiger partial charge in [-0.25, -0.2) is 0 Å². The first kappa shape index (κ1) is 10.6. The second kappa shape index (κ2) is 9.63. The summed E-state index contributed by atoms with van der Waals surface area (Å²) in [6, 6.07) is 0. The van der Waals surface area contributed by atoms with Crippen LogP contribution < -0.4 is 0 Å². The number of rotatable bonds is 6. The lowest BCUT2D eigenvalue weighted by Crippen LogP contribution is -1.98. The van der Waals surface area contributed by atoms with Crippen molar-refractivity contribution in [2.45, 2.75) is 0 Å². The Bertz CT molecular complexity index is 87.8. The van der Waals surface area contributed by atoms with Gasteiger partial charge in [-0.15, -0.1) is 23.4 Å². The van der Waals surface area contributed by atoms with Crippen LogP contribution in [0.15, 0.2) is 10.9 Å². The number of ether oxygens (including phenoxy) is 1. The van der Waals surface area contributed by atoms with Crippen LogP contribution >= 0.6 is 35.0 Å². The SMILES string of the molecule is ClC=CSCCOCCCl. The molecule has 0 aromatic heterocycles. The lowest BCUT2D eigenvalue weighted by atomic mass is 10.8. The van der Waals surface area contributed by atoms with Crippen molar-refractivity contribution in [1.82, 2.24) is 0 Å². The summed E-state index contributed by atoms with van der Waals surface area (Å²) in [5, 5.41) is 1.83. The fraction of sp³-hybridized carbons (Fsp3) is 0.667. The Kier molecular flexibility index (Phi) is 10.2. The van der Waals surface area contributed by atoms with Gasteiger partial charge < -0.3 is 4.74 Å². The largest absolute Gasteiger partial charge is 0.379 e. The third-order valence-electron chi connectivity index (χ3n) is 0.715. The molecular formula is C6H10Cl2OS. The maximum atomic E-state index is 5.37. The molecule has 1 nitrogen and oxygen atoms in total. The zero-order chi connectivity index (χ0) is 7.66. The number of hydrogen-bond donors (Lipinski definition) is 0. The summed E-state index contributed by atoms with van der Waals surface area (Å²) in [7, 11) is 0. The maximum Gasteiger partial charge on any atom is 0.0602 e. The lowest BCUT2D eigenvalue weighted by molar-refractivity contribution is 0.166. The molecule has 0 heterocycles. The van der Waals surface area contributed by atoms with Gasteiger partial charge in [-0.1, -0.05) is 11.6 Å². The zero-order valence-electron chi connectivity index (χ0n) is 5.56. The van der Waals surface area contributed by atoms with Crippen LogP contribution in [-0.2, 0) is 4.74 Å². The molecule has 0 atom stereocenters. The van der Waals surface area contributed by atoms with Crippen LogP contribution in [0.5, 0.6) is 0 Å². The molecular weight excluding hydrogens is 191 g/mol. The minimum atomic E-state index is 0.565. The summed E-state index contributed by atoms with van der Waals surface area (Å²) in [6.45, 7) is 1.37. The van der Waals surface area contributed by atoms with Crippen LogP contribution in [0.25, 0.3) is 0 Å². The molecule has 0 spiro atoms. The molecule has 60 valence electrons. The van der Waals surface area contributed by atoms with Crippen LogP contribution in [0.2, 0.25) is 0 Å². The van der Waals surface area contributed by atoms with Crippen molar-refractivity contribution in [3.63, 3.8) is 0 Å². The highest BCUT2D eigenvalue weighted by Crippen LogP contribution is 2.01. The van der Waals surface area contributed by atoms with Crippen LogP contribution in [0.1, 0.15) is 0 Å².